The van der Waals surface area contributed by atoms with Crippen molar-refractivity contribution in [2.24, 2.45) is 11.8 Å². The van der Waals surface area contributed by atoms with Crippen LogP contribution in [-0.2, 0) is 0 Å². The van der Waals surface area contributed by atoms with E-state index >= 15 is 4.39 Å². The Balaban J connectivity index is 1.28. The van der Waals surface area contributed by atoms with Gasteiger partial charge in [0.25, 0.3) is 0 Å². The highest BCUT2D eigenvalue weighted by molar-refractivity contribution is 6.37. The van der Waals surface area contributed by atoms with Crippen molar-refractivity contribution in [3.63, 3.8) is 0 Å². The van der Waals surface area contributed by atoms with Crippen molar-refractivity contribution in [3.05, 3.63) is 80.9 Å². The summed E-state index contributed by atoms with van der Waals surface area (Å²) in [5.74, 6) is -0.347. The Kier molecular flexibility index (Phi) is 5.61. The molecule has 2 saturated heterocycles. The predicted molar refractivity (Wildman–Crippen MR) is 168 cm³/mol. The summed E-state index contributed by atoms with van der Waals surface area (Å²) in [4.78, 5) is 33.3. The number of piperidine rings is 1. The van der Waals surface area contributed by atoms with Crippen molar-refractivity contribution < 1.29 is 13.9 Å². The van der Waals surface area contributed by atoms with E-state index in [2.05, 4.69) is 15.3 Å². The van der Waals surface area contributed by atoms with Crippen LogP contribution >= 0.6 is 11.6 Å². The van der Waals surface area contributed by atoms with Crippen molar-refractivity contribution in [2.75, 3.05) is 0 Å². The van der Waals surface area contributed by atoms with E-state index in [-0.39, 0.29) is 50.8 Å². The molecule has 4 unspecified atom stereocenters. The minimum atomic E-state index is -0.676. The van der Waals surface area contributed by atoms with Gasteiger partial charge < -0.3 is 10.4 Å². The average molecular weight is 639 g/mol. The van der Waals surface area contributed by atoms with Crippen molar-refractivity contribution in [3.8, 4) is 22.7 Å². The number of halogens is 3. The minimum Gasteiger partial charge on any atom is -0.508 e. The van der Waals surface area contributed by atoms with E-state index in [0.29, 0.717) is 46.1 Å². The van der Waals surface area contributed by atoms with Crippen LogP contribution in [0.1, 0.15) is 79.8 Å². The fraction of sp³-hybridized carbons (Fsp3) is 0.400. The molecule has 46 heavy (non-hydrogen) atoms. The van der Waals surface area contributed by atoms with Gasteiger partial charge >= 0.3 is 5.69 Å². The Morgan fingerprint density at radius 1 is 0.913 bits per heavy atom. The Morgan fingerprint density at radius 2 is 1.67 bits per heavy atom. The molecule has 5 aliphatic rings. The first-order valence-electron chi connectivity index (χ1n) is 16.2. The lowest BCUT2D eigenvalue weighted by Gasteiger charge is -2.19. The minimum absolute atomic E-state index is 0.0302. The van der Waals surface area contributed by atoms with Gasteiger partial charge in [0.15, 0.2) is 5.65 Å². The largest absolute Gasteiger partial charge is 0.508 e. The molecule has 5 heterocycles. The molecule has 5 fully saturated rings. The maximum absolute atomic E-state index is 16.5. The lowest BCUT2D eigenvalue weighted by molar-refractivity contribution is 0.387. The van der Waals surface area contributed by atoms with E-state index in [9.17, 15) is 14.3 Å². The van der Waals surface area contributed by atoms with Gasteiger partial charge in [0.2, 0.25) is 0 Å². The smallest absolute Gasteiger partial charge is 0.354 e. The summed E-state index contributed by atoms with van der Waals surface area (Å²) >= 11 is 6.46. The maximum Gasteiger partial charge on any atom is 0.354 e. The van der Waals surface area contributed by atoms with Crippen molar-refractivity contribution >= 4 is 33.4 Å². The summed E-state index contributed by atoms with van der Waals surface area (Å²) in [7, 11) is 0. The van der Waals surface area contributed by atoms with E-state index in [0.717, 1.165) is 56.3 Å². The Labute approximate surface area is 266 Å². The summed E-state index contributed by atoms with van der Waals surface area (Å²) in [5.41, 5.74) is 2.53. The first-order valence-corrected chi connectivity index (χ1v) is 16.6. The average Bonchev–Trinajstić information content (AvgIpc) is 3.92. The Bertz CT molecular complexity index is 2190. The van der Waals surface area contributed by atoms with E-state index in [1.54, 1.807) is 6.33 Å². The Morgan fingerprint density at radius 3 is 2.41 bits per heavy atom. The molecular formula is C35H29ClF2N6O2. The molecule has 0 radical (unpaired) electrons. The molecule has 8 nitrogen and oxygen atoms in total. The number of hydrogen-bond acceptors (Lipinski definition) is 7. The van der Waals surface area contributed by atoms with Gasteiger partial charge in [-0.25, -0.2) is 33.1 Å². The first kappa shape index (κ1) is 27.1. The molecule has 2 aliphatic heterocycles. The third-order valence-corrected chi connectivity index (χ3v) is 11.3. The van der Waals surface area contributed by atoms with E-state index in [1.807, 2.05) is 0 Å². The molecule has 10 rings (SSSR count). The molecule has 3 saturated carbocycles. The van der Waals surface area contributed by atoms with Gasteiger partial charge in [0, 0.05) is 46.2 Å². The van der Waals surface area contributed by atoms with Crippen LogP contribution in [0.15, 0.2) is 41.5 Å². The van der Waals surface area contributed by atoms with Gasteiger partial charge in [0.05, 0.1) is 27.8 Å². The summed E-state index contributed by atoms with van der Waals surface area (Å²) in [5, 5.41) is 15.3. The number of pyridine rings is 1. The number of hydrogen-bond donors (Lipinski definition) is 2. The quantitative estimate of drug-likeness (QED) is 0.222. The van der Waals surface area contributed by atoms with E-state index in [4.69, 9.17) is 21.6 Å². The summed E-state index contributed by atoms with van der Waals surface area (Å²) < 4.78 is 32.8. The van der Waals surface area contributed by atoms with Crippen LogP contribution in [0.25, 0.3) is 38.8 Å². The molecule has 3 aromatic heterocycles. The highest BCUT2D eigenvalue weighted by Gasteiger charge is 2.61. The van der Waals surface area contributed by atoms with E-state index < -0.39 is 17.3 Å². The zero-order valence-electron chi connectivity index (χ0n) is 24.7. The van der Waals surface area contributed by atoms with Crippen LogP contribution in [0.5, 0.6) is 5.75 Å². The zero-order valence-corrected chi connectivity index (χ0v) is 25.4. The number of nitrogens with one attached hydrogen (secondary N) is 1. The molecule has 3 aliphatic carbocycles. The third kappa shape index (κ3) is 3.95. The normalized spacial score (nSPS) is 26.5. The number of fused-ring (bicyclic) bond motifs is 6. The van der Waals surface area contributed by atoms with Crippen molar-refractivity contribution in [2.45, 2.75) is 74.8 Å². The van der Waals surface area contributed by atoms with Crippen LogP contribution in [0.4, 0.5) is 8.78 Å². The molecule has 2 N–H and O–H groups in total. The second kappa shape index (κ2) is 9.51. The molecule has 0 spiro atoms. The molecule has 2 aromatic carbocycles. The van der Waals surface area contributed by atoms with Gasteiger partial charge in [-0.15, -0.1) is 0 Å². The first-order chi connectivity index (χ1) is 22.4. The number of aromatic hydroxyl groups is 1. The summed E-state index contributed by atoms with van der Waals surface area (Å²) in [6, 6.07) is 7.72. The zero-order chi connectivity index (χ0) is 31.0. The monoisotopic (exact) mass is 638 g/mol. The molecule has 5 atom stereocenters. The third-order valence-electron chi connectivity index (χ3n) is 11.0. The highest BCUT2D eigenvalue weighted by atomic mass is 35.5. The Hall–Kier alpha value is -4.02. The second-order valence-corrected chi connectivity index (χ2v) is 14.2. The van der Waals surface area contributed by atoms with Crippen LogP contribution in [0.2, 0.25) is 5.02 Å². The molecule has 232 valence electrons. The molecule has 11 heteroatoms. The van der Waals surface area contributed by atoms with Gasteiger partial charge in [-0.3, -0.25) is 0 Å². The van der Waals surface area contributed by atoms with Crippen LogP contribution in [-0.4, -0.2) is 41.7 Å². The maximum atomic E-state index is 16.5. The van der Waals surface area contributed by atoms with Crippen LogP contribution in [0, 0.1) is 23.5 Å². The second-order valence-electron chi connectivity index (χ2n) is 13.8. The SMILES string of the molecule is O=c1nc(C2C3CC4CCC(N4)[C@H]32)c2cc(F)c(-c3cc(O)cc4ccc(F)c(Cl)c34)nc2n1-c1c(C2CC2)ncnc1C1CC1. The summed E-state index contributed by atoms with van der Waals surface area (Å²) in [6.45, 7) is 0. The van der Waals surface area contributed by atoms with Crippen LogP contribution in [0.3, 0.4) is 0 Å². The number of rotatable bonds is 5. The molecular weight excluding hydrogens is 610 g/mol. The fourth-order valence-corrected chi connectivity index (χ4v) is 8.88. The van der Waals surface area contributed by atoms with E-state index in [1.165, 1.54) is 34.9 Å². The molecule has 2 bridgehead atoms. The molecule has 5 aromatic rings. The van der Waals surface area contributed by atoms with Gasteiger partial charge in [-0.1, -0.05) is 17.7 Å². The van der Waals surface area contributed by atoms with Gasteiger partial charge in [0.1, 0.15) is 29.4 Å². The molecule has 0 amide bonds. The lowest BCUT2D eigenvalue weighted by Crippen LogP contribution is -2.35. The van der Waals surface area contributed by atoms with Crippen molar-refractivity contribution in [1.82, 2.24) is 29.8 Å². The van der Waals surface area contributed by atoms with Crippen LogP contribution < -0.4 is 11.0 Å². The lowest BCUT2D eigenvalue weighted by atomic mass is 9.99. The predicted octanol–water partition coefficient (Wildman–Crippen LogP) is 6.64. The number of phenols is 1. The van der Waals surface area contributed by atoms with Crippen molar-refractivity contribution in [1.29, 1.82) is 0 Å². The number of nitrogens with zero attached hydrogens (tertiary/aromatic N) is 5. The summed E-state index contributed by atoms with van der Waals surface area (Å²) in [6.07, 6.45) is 8.66. The van der Waals surface area contributed by atoms with Gasteiger partial charge in [-0.2, -0.15) is 4.98 Å². The van der Waals surface area contributed by atoms with Gasteiger partial charge in [-0.05, 0) is 86.4 Å². The number of aromatic nitrogens is 5. The highest BCUT2D eigenvalue weighted by Crippen LogP contribution is 2.63. The standard InChI is InChI=1S/C35H29ClF2N6O2/c36-28-22(37)7-5-16-9-18(45)11-20(25(16)28)31-23(38)12-21-32(27-19-10-17-6-8-24(41-17)26(19)27)43-35(46)44(34(21)42-31)33-29(14-1-2-14)39-13-40-30(33)15-3-4-15/h5,7,9,11-15,17,19,24,26-27,41,45H,1-4,6,8,10H2/t17?,19?,24?,26-,27?/m0/s1. The number of benzene rings is 2. The topological polar surface area (TPSA) is 106 Å². The fourth-order valence-electron chi connectivity index (χ4n) is 8.61. The number of phenolic OH excluding ortho intramolecular Hbond substituents is 1.